The number of ether oxygens (including phenoxy) is 3. The number of nitrogens with zero attached hydrogens (tertiary/aromatic N) is 2. The monoisotopic (exact) mass is 418 g/mol. The van der Waals surface area contributed by atoms with E-state index in [-0.39, 0.29) is 11.9 Å². The highest BCUT2D eigenvalue weighted by Gasteiger charge is 2.21. The molecule has 3 aromatic rings. The van der Waals surface area contributed by atoms with E-state index < -0.39 is 0 Å². The van der Waals surface area contributed by atoms with Crippen molar-refractivity contribution in [2.75, 3.05) is 25.2 Å². The van der Waals surface area contributed by atoms with Crippen LogP contribution in [0.15, 0.2) is 66.7 Å². The van der Waals surface area contributed by atoms with Crippen LogP contribution < -0.4 is 14.4 Å². The maximum absolute atomic E-state index is 13.8. The molecular formula is C25H23FN2O3. The third-order valence-corrected chi connectivity index (χ3v) is 5.16. The first-order valence-corrected chi connectivity index (χ1v) is 10.1. The Morgan fingerprint density at radius 2 is 1.90 bits per heavy atom. The number of halogens is 1. The van der Waals surface area contributed by atoms with Crippen molar-refractivity contribution < 1.29 is 18.6 Å². The van der Waals surface area contributed by atoms with Crippen LogP contribution in [0.25, 0.3) is 0 Å². The standard InChI is InChI=1S/C25H23FN2O3/c1-29-24-9-8-22(14-25(24)31-23-10-11-30-17-23)28(16-19-5-2-6-20(26)12-19)21-7-3-4-18(13-21)15-27/h2-9,12-14,23H,10-11,16-17H2,1H3. The van der Waals surface area contributed by atoms with Gasteiger partial charge in [-0.25, -0.2) is 4.39 Å². The molecule has 1 unspecified atom stereocenters. The third-order valence-electron chi connectivity index (χ3n) is 5.16. The maximum atomic E-state index is 13.8. The van der Waals surface area contributed by atoms with Gasteiger partial charge in [0.15, 0.2) is 11.5 Å². The zero-order valence-corrected chi connectivity index (χ0v) is 17.3. The van der Waals surface area contributed by atoms with Gasteiger partial charge in [0.2, 0.25) is 0 Å². The summed E-state index contributed by atoms with van der Waals surface area (Å²) in [4.78, 5) is 2.02. The van der Waals surface area contributed by atoms with Gasteiger partial charge in [-0.15, -0.1) is 0 Å². The molecule has 4 rings (SSSR count). The molecule has 0 bridgehead atoms. The van der Waals surface area contributed by atoms with Gasteiger partial charge < -0.3 is 19.1 Å². The van der Waals surface area contributed by atoms with Crippen LogP contribution in [0.1, 0.15) is 17.5 Å². The minimum Gasteiger partial charge on any atom is -0.493 e. The van der Waals surface area contributed by atoms with Gasteiger partial charge >= 0.3 is 0 Å². The lowest BCUT2D eigenvalue weighted by Crippen LogP contribution is -2.19. The first kappa shape index (κ1) is 20.7. The van der Waals surface area contributed by atoms with Crippen molar-refractivity contribution in [1.82, 2.24) is 0 Å². The van der Waals surface area contributed by atoms with Gasteiger partial charge in [-0.05, 0) is 48.0 Å². The van der Waals surface area contributed by atoms with E-state index in [0.29, 0.717) is 36.8 Å². The number of anilines is 2. The molecule has 0 aromatic heterocycles. The van der Waals surface area contributed by atoms with Crippen molar-refractivity contribution in [3.63, 3.8) is 0 Å². The van der Waals surface area contributed by atoms with Crippen molar-refractivity contribution in [2.24, 2.45) is 0 Å². The Hall–Kier alpha value is -3.56. The Morgan fingerprint density at radius 3 is 2.65 bits per heavy atom. The average Bonchev–Trinajstić information content (AvgIpc) is 3.31. The summed E-state index contributed by atoms with van der Waals surface area (Å²) in [5.41, 5.74) is 3.03. The van der Waals surface area contributed by atoms with Gasteiger partial charge in [0.25, 0.3) is 0 Å². The summed E-state index contributed by atoms with van der Waals surface area (Å²) >= 11 is 0. The van der Waals surface area contributed by atoms with Crippen LogP contribution in [0.3, 0.4) is 0 Å². The fourth-order valence-electron chi connectivity index (χ4n) is 3.60. The Morgan fingerprint density at radius 1 is 1.06 bits per heavy atom. The molecule has 1 aliphatic heterocycles. The lowest BCUT2D eigenvalue weighted by Gasteiger charge is -2.27. The number of benzene rings is 3. The second-order valence-electron chi connectivity index (χ2n) is 7.32. The molecule has 1 atom stereocenters. The summed E-state index contributed by atoms with van der Waals surface area (Å²) in [7, 11) is 1.61. The Labute approximate surface area is 181 Å². The molecule has 1 saturated heterocycles. The lowest BCUT2D eigenvalue weighted by atomic mass is 10.1. The van der Waals surface area contributed by atoms with E-state index in [0.717, 1.165) is 23.4 Å². The fourth-order valence-corrected chi connectivity index (χ4v) is 3.60. The number of methoxy groups -OCH3 is 1. The third kappa shape index (κ3) is 4.96. The average molecular weight is 418 g/mol. The summed E-state index contributed by atoms with van der Waals surface area (Å²) in [6.45, 7) is 1.65. The molecular weight excluding hydrogens is 395 g/mol. The van der Waals surface area contributed by atoms with Gasteiger partial charge in [-0.2, -0.15) is 5.26 Å². The predicted octanol–water partition coefficient (Wildman–Crippen LogP) is 5.21. The molecule has 1 aliphatic rings. The van der Waals surface area contributed by atoms with Crippen LogP contribution in [-0.2, 0) is 11.3 Å². The predicted molar refractivity (Wildman–Crippen MR) is 116 cm³/mol. The topological polar surface area (TPSA) is 54.7 Å². The van der Waals surface area contributed by atoms with Crippen LogP contribution >= 0.6 is 0 Å². The van der Waals surface area contributed by atoms with Crippen molar-refractivity contribution in [2.45, 2.75) is 19.1 Å². The quantitative estimate of drug-likeness (QED) is 0.527. The lowest BCUT2D eigenvalue weighted by molar-refractivity contribution is 0.138. The molecule has 0 N–H and O–H groups in total. The Balaban J connectivity index is 1.74. The molecule has 1 heterocycles. The van der Waals surface area contributed by atoms with E-state index in [2.05, 4.69) is 6.07 Å². The largest absolute Gasteiger partial charge is 0.493 e. The zero-order chi connectivity index (χ0) is 21.6. The first-order valence-electron chi connectivity index (χ1n) is 10.1. The van der Waals surface area contributed by atoms with Crippen LogP contribution in [-0.4, -0.2) is 26.4 Å². The Bertz CT molecular complexity index is 1090. The van der Waals surface area contributed by atoms with Crippen molar-refractivity contribution in [3.8, 4) is 17.6 Å². The van der Waals surface area contributed by atoms with Crippen LogP contribution in [0.2, 0.25) is 0 Å². The van der Waals surface area contributed by atoms with E-state index in [1.807, 2.05) is 47.4 Å². The summed E-state index contributed by atoms with van der Waals surface area (Å²) in [5.74, 6) is 0.964. The zero-order valence-electron chi connectivity index (χ0n) is 17.3. The van der Waals surface area contributed by atoms with Gasteiger partial charge in [-0.1, -0.05) is 18.2 Å². The van der Waals surface area contributed by atoms with E-state index in [1.54, 1.807) is 19.2 Å². The minimum absolute atomic E-state index is 0.0252. The van der Waals surface area contributed by atoms with Crippen molar-refractivity contribution in [1.29, 1.82) is 5.26 Å². The van der Waals surface area contributed by atoms with Crippen LogP contribution in [0.4, 0.5) is 15.8 Å². The molecule has 5 nitrogen and oxygen atoms in total. The van der Waals surface area contributed by atoms with Gasteiger partial charge in [0.05, 0.1) is 32.0 Å². The molecule has 1 fully saturated rings. The van der Waals surface area contributed by atoms with Gasteiger partial charge in [0.1, 0.15) is 11.9 Å². The normalized spacial score (nSPS) is 15.3. The molecule has 3 aromatic carbocycles. The Kier molecular flexibility index (Phi) is 6.34. The van der Waals surface area contributed by atoms with Gasteiger partial charge in [-0.3, -0.25) is 0 Å². The summed E-state index contributed by atoms with van der Waals surface area (Å²) in [5, 5.41) is 9.35. The number of nitriles is 1. The van der Waals surface area contributed by atoms with Crippen LogP contribution in [0.5, 0.6) is 11.5 Å². The molecule has 0 amide bonds. The second-order valence-corrected chi connectivity index (χ2v) is 7.32. The molecule has 0 spiro atoms. The summed E-state index contributed by atoms with van der Waals surface area (Å²) in [6, 6.07) is 21.7. The minimum atomic E-state index is -0.289. The highest BCUT2D eigenvalue weighted by Crippen LogP contribution is 2.37. The highest BCUT2D eigenvalue weighted by molar-refractivity contribution is 5.68. The molecule has 158 valence electrons. The smallest absolute Gasteiger partial charge is 0.163 e. The first-order chi connectivity index (χ1) is 15.2. The van der Waals surface area contributed by atoms with Crippen LogP contribution in [0, 0.1) is 17.1 Å². The molecule has 0 saturated carbocycles. The molecule has 31 heavy (non-hydrogen) atoms. The maximum Gasteiger partial charge on any atom is 0.163 e. The van der Waals surface area contributed by atoms with Crippen molar-refractivity contribution in [3.05, 3.63) is 83.7 Å². The second kappa shape index (κ2) is 9.50. The summed E-state index contributed by atoms with van der Waals surface area (Å²) in [6.07, 6.45) is 0.799. The van der Waals surface area contributed by atoms with Crippen molar-refractivity contribution >= 4 is 11.4 Å². The number of hydrogen-bond donors (Lipinski definition) is 0. The fraction of sp³-hybridized carbons (Fsp3) is 0.240. The van der Waals surface area contributed by atoms with E-state index >= 15 is 0 Å². The number of hydrogen-bond acceptors (Lipinski definition) is 5. The number of rotatable bonds is 7. The van der Waals surface area contributed by atoms with Gasteiger partial charge in [0, 0.05) is 30.4 Å². The molecule has 0 radical (unpaired) electrons. The summed E-state index contributed by atoms with van der Waals surface area (Å²) < 4.78 is 30.9. The molecule has 0 aliphatic carbocycles. The van der Waals surface area contributed by atoms with E-state index in [4.69, 9.17) is 14.2 Å². The van der Waals surface area contributed by atoms with E-state index in [1.165, 1.54) is 12.1 Å². The SMILES string of the molecule is COc1ccc(N(Cc2cccc(F)c2)c2cccc(C#N)c2)cc1OC1CCOC1. The van der Waals surface area contributed by atoms with E-state index in [9.17, 15) is 9.65 Å². The molecule has 6 heteroatoms. The highest BCUT2D eigenvalue weighted by atomic mass is 19.1.